The smallest absolute Gasteiger partial charge is 0.310 e. The predicted octanol–water partition coefficient (Wildman–Crippen LogP) is 3.88. The lowest BCUT2D eigenvalue weighted by Crippen LogP contribution is -2.10. The van der Waals surface area contributed by atoms with Crippen LogP contribution in [-0.2, 0) is 16.0 Å². The summed E-state index contributed by atoms with van der Waals surface area (Å²) >= 11 is 0. The van der Waals surface area contributed by atoms with Crippen molar-refractivity contribution < 1.29 is 9.53 Å². The maximum absolute atomic E-state index is 11.9. The normalized spacial score (nSPS) is 11.0. The van der Waals surface area contributed by atoms with Crippen molar-refractivity contribution in [1.82, 2.24) is 15.0 Å². The number of aromatic amines is 1. The molecule has 2 aromatic carbocycles. The molecule has 0 saturated heterocycles. The predicted molar refractivity (Wildman–Crippen MR) is 102 cm³/mol. The first-order valence-corrected chi connectivity index (χ1v) is 8.31. The number of methoxy groups -OCH3 is 1. The number of fused-ring (bicyclic) bond motifs is 2. The molecule has 4 aromatic rings. The number of ether oxygens (including phenoxy) is 1. The molecule has 2 heterocycles. The number of carbonyl (C=O) groups excluding carboxylic acids is 1. The Labute approximate surface area is 150 Å². The van der Waals surface area contributed by atoms with E-state index in [4.69, 9.17) is 4.74 Å². The molecule has 6 nitrogen and oxygen atoms in total. The first kappa shape index (κ1) is 16.1. The summed E-state index contributed by atoms with van der Waals surface area (Å²) in [5.41, 5.74) is 6.14. The van der Waals surface area contributed by atoms with Crippen molar-refractivity contribution in [3.8, 4) is 0 Å². The van der Waals surface area contributed by atoms with Gasteiger partial charge >= 0.3 is 5.97 Å². The summed E-state index contributed by atoms with van der Waals surface area (Å²) in [6, 6.07) is 13.8. The highest BCUT2D eigenvalue weighted by molar-refractivity contribution is 5.97. The average molecular weight is 346 g/mol. The number of para-hydroxylation sites is 1. The summed E-state index contributed by atoms with van der Waals surface area (Å²) < 4.78 is 4.87. The van der Waals surface area contributed by atoms with Crippen molar-refractivity contribution in [3.05, 3.63) is 60.0 Å². The van der Waals surface area contributed by atoms with E-state index in [1.54, 1.807) is 6.33 Å². The van der Waals surface area contributed by atoms with Crippen LogP contribution < -0.4 is 5.32 Å². The van der Waals surface area contributed by atoms with E-state index in [-0.39, 0.29) is 12.4 Å². The second-order valence-corrected chi connectivity index (χ2v) is 6.08. The Hall–Kier alpha value is -3.41. The number of anilines is 2. The van der Waals surface area contributed by atoms with Gasteiger partial charge in [-0.2, -0.15) is 0 Å². The standard InChI is InChI=1S/C20H18N4O2/c1-12-15(10-19(25)26-2)20(14-5-3-4-6-16(14)23-12)24-13-7-8-17-18(9-13)22-11-21-17/h3-9,11H,10H2,1-2H3,(H,21,22)(H,23,24). The summed E-state index contributed by atoms with van der Waals surface area (Å²) in [6.45, 7) is 1.91. The minimum atomic E-state index is -0.294. The molecular formula is C20H18N4O2. The Bertz CT molecular complexity index is 1120. The Kier molecular flexibility index (Phi) is 4.01. The van der Waals surface area contributed by atoms with E-state index in [0.717, 1.165) is 44.6 Å². The Balaban J connectivity index is 1.87. The molecule has 0 radical (unpaired) electrons. The van der Waals surface area contributed by atoms with Crippen LogP contribution in [0, 0.1) is 6.92 Å². The number of esters is 1. The molecule has 0 amide bonds. The summed E-state index contributed by atoms with van der Waals surface area (Å²) in [6.07, 6.45) is 1.83. The Morgan fingerprint density at radius 3 is 2.88 bits per heavy atom. The van der Waals surface area contributed by atoms with E-state index in [0.29, 0.717) is 0 Å². The SMILES string of the molecule is COC(=O)Cc1c(C)nc2ccccc2c1Nc1ccc2nc[nH]c2c1. The fourth-order valence-electron chi connectivity index (χ4n) is 3.11. The van der Waals surface area contributed by atoms with Gasteiger partial charge in [-0.05, 0) is 31.2 Å². The molecule has 4 rings (SSSR count). The van der Waals surface area contributed by atoms with Gasteiger partial charge in [-0.15, -0.1) is 0 Å². The van der Waals surface area contributed by atoms with Crippen molar-refractivity contribution in [2.24, 2.45) is 0 Å². The van der Waals surface area contributed by atoms with Gasteiger partial charge < -0.3 is 15.0 Å². The highest BCUT2D eigenvalue weighted by atomic mass is 16.5. The zero-order chi connectivity index (χ0) is 18.1. The van der Waals surface area contributed by atoms with Gasteiger partial charge in [0.15, 0.2) is 0 Å². The summed E-state index contributed by atoms with van der Waals surface area (Å²) in [5.74, 6) is -0.294. The Morgan fingerprint density at radius 1 is 1.19 bits per heavy atom. The van der Waals surface area contributed by atoms with Crippen LogP contribution in [-0.4, -0.2) is 28.0 Å². The molecule has 0 spiro atoms. The van der Waals surface area contributed by atoms with Crippen LogP contribution >= 0.6 is 0 Å². The summed E-state index contributed by atoms with van der Waals surface area (Å²) in [7, 11) is 1.39. The van der Waals surface area contributed by atoms with Crippen molar-refractivity contribution in [2.75, 3.05) is 12.4 Å². The van der Waals surface area contributed by atoms with Crippen molar-refractivity contribution in [1.29, 1.82) is 0 Å². The van der Waals surface area contributed by atoms with Crippen molar-refractivity contribution in [2.45, 2.75) is 13.3 Å². The van der Waals surface area contributed by atoms with Gasteiger partial charge in [-0.25, -0.2) is 4.98 Å². The molecule has 0 fully saturated rings. The van der Waals surface area contributed by atoms with Gasteiger partial charge in [0.05, 0.1) is 42.1 Å². The number of aromatic nitrogens is 3. The molecule has 2 aromatic heterocycles. The fraction of sp³-hybridized carbons (Fsp3) is 0.150. The number of nitrogens with zero attached hydrogens (tertiary/aromatic N) is 2. The van der Waals surface area contributed by atoms with E-state index in [9.17, 15) is 4.79 Å². The number of carbonyl (C=O) groups is 1. The average Bonchev–Trinajstić information content (AvgIpc) is 3.12. The molecule has 0 aliphatic carbocycles. The van der Waals surface area contributed by atoms with Crippen LogP contribution in [0.4, 0.5) is 11.4 Å². The highest BCUT2D eigenvalue weighted by Gasteiger charge is 2.16. The number of H-pyrrole nitrogens is 1. The third-order valence-corrected chi connectivity index (χ3v) is 4.44. The molecule has 0 aliphatic rings. The van der Waals surface area contributed by atoms with Gasteiger partial charge in [0.25, 0.3) is 0 Å². The Morgan fingerprint density at radius 2 is 2.04 bits per heavy atom. The maximum atomic E-state index is 11.9. The molecule has 130 valence electrons. The lowest BCUT2D eigenvalue weighted by molar-refractivity contribution is -0.139. The third-order valence-electron chi connectivity index (χ3n) is 4.44. The summed E-state index contributed by atoms with van der Waals surface area (Å²) in [4.78, 5) is 23.9. The van der Waals surface area contributed by atoms with E-state index in [1.807, 2.05) is 49.4 Å². The number of aryl methyl sites for hydroxylation is 1. The number of pyridine rings is 1. The van der Waals surface area contributed by atoms with E-state index in [2.05, 4.69) is 20.3 Å². The van der Waals surface area contributed by atoms with Gasteiger partial charge in [0, 0.05) is 22.3 Å². The lowest BCUT2D eigenvalue weighted by atomic mass is 10.0. The molecule has 0 unspecified atom stereocenters. The first-order valence-electron chi connectivity index (χ1n) is 8.31. The fourth-order valence-corrected chi connectivity index (χ4v) is 3.11. The van der Waals surface area contributed by atoms with Crippen LogP contribution in [0.2, 0.25) is 0 Å². The molecule has 0 saturated carbocycles. The van der Waals surface area contributed by atoms with E-state index >= 15 is 0 Å². The zero-order valence-corrected chi connectivity index (χ0v) is 14.5. The van der Waals surface area contributed by atoms with Gasteiger partial charge in [-0.3, -0.25) is 9.78 Å². The van der Waals surface area contributed by atoms with Crippen LogP contribution in [0.5, 0.6) is 0 Å². The minimum absolute atomic E-state index is 0.162. The number of imidazole rings is 1. The van der Waals surface area contributed by atoms with E-state index < -0.39 is 0 Å². The first-order chi connectivity index (χ1) is 12.7. The monoisotopic (exact) mass is 346 g/mol. The molecule has 0 atom stereocenters. The highest BCUT2D eigenvalue weighted by Crippen LogP contribution is 2.32. The van der Waals surface area contributed by atoms with Gasteiger partial charge in [0.1, 0.15) is 0 Å². The molecule has 6 heteroatoms. The molecule has 0 bridgehead atoms. The van der Waals surface area contributed by atoms with Crippen LogP contribution in [0.15, 0.2) is 48.8 Å². The van der Waals surface area contributed by atoms with Crippen LogP contribution in [0.1, 0.15) is 11.3 Å². The quantitative estimate of drug-likeness (QED) is 0.548. The van der Waals surface area contributed by atoms with Gasteiger partial charge in [-0.1, -0.05) is 18.2 Å². The molecule has 2 N–H and O–H groups in total. The van der Waals surface area contributed by atoms with Crippen LogP contribution in [0.25, 0.3) is 21.9 Å². The van der Waals surface area contributed by atoms with Crippen molar-refractivity contribution >= 4 is 39.3 Å². The second-order valence-electron chi connectivity index (χ2n) is 6.08. The largest absolute Gasteiger partial charge is 0.469 e. The minimum Gasteiger partial charge on any atom is -0.469 e. The lowest BCUT2D eigenvalue weighted by Gasteiger charge is -2.17. The van der Waals surface area contributed by atoms with Gasteiger partial charge in [0.2, 0.25) is 0 Å². The number of nitrogens with one attached hydrogen (secondary N) is 2. The third kappa shape index (κ3) is 2.86. The summed E-state index contributed by atoms with van der Waals surface area (Å²) in [5, 5.41) is 4.43. The maximum Gasteiger partial charge on any atom is 0.310 e. The van der Waals surface area contributed by atoms with Crippen molar-refractivity contribution in [3.63, 3.8) is 0 Å². The number of hydrogen-bond acceptors (Lipinski definition) is 5. The molecule has 26 heavy (non-hydrogen) atoms. The number of benzene rings is 2. The zero-order valence-electron chi connectivity index (χ0n) is 14.5. The molecular weight excluding hydrogens is 328 g/mol. The number of rotatable bonds is 4. The second kappa shape index (κ2) is 6.48. The molecule has 0 aliphatic heterocycles. The topological polar surface area (TPSA) is 79.9 Å². The van der Waals surface area contributed by atoms with Crippen LogP contribution in [0.3, 0.4) is 0 Å². The number of hydrogen-bond donors (Lipinski definition) is 2. The van der Waals surface area contributed by atoms with E-state index in [1.165, 1.54) is 7.11 Å².